The van der Waals surface area contributed by atoms with Crippen LogP contribution in [0.15, 0.2) is 257 Å². The minimum atomic E-state index is -4.63. The third kappa shape index (κ3) is 20.1. The number of allylic oxidation sites excluding steroid dienone is 1. The fraction of sp³-hybridized carbons (Fsp3) is 0.153. The molecule has 8 aromatic carbocycles. The van der Waals surface area contributed by atoms with E-state index >= 15 is 0 Å². The van der Waals surface area contributed by atoms with Gasteiger partial charge in [-0.1, -0.05) is 109 Å². The number of hydrogen-bond donors (Lipinski definition) is 9. The van der Waals surface area contributed by atoms with Gasteiger partial charge in [-0.15, -0.1) is 0 Å². The zero-order valence-electron chi connectivity index (χ0n) is 60.6. The first kappa shape index (κ1) is 78.3. The molecule has 13 aromatic rings. The van der Waals surface area contributed by atoms with Gasteiger partial charge in [0.25, 0.3) is 17.4 Å². The van der Waals surface area contributed by atoms with Crippen LogP contribution in [0.2, 0.25) is 0 Å². The van der Waals surface area contributed by atoms with E-state index in [2.05, 4.69) is 117 Å². The Morgan fingerprint density at radius 3 is 1.76 bits per heavy atom. The van der Waals surface area contributed by atoms with Crippen molar-refractivity contribution in [1.82, 2.24) is 33.9 Å². The predicted octanol–water partition coefficient (Wildman–Crippen LogP) is 12.8. The van der Waals surface area contributed by atoms with Crippen molar-refractivity contribution >= 4 is 114 Å². The largest absolute Gasteiger partial charge is 0.508 e. The molecule has 0 unspecified atom stereocenters. The van der Waals surface area contributed by atoms with E-state index in [9.17, 15) is 47.7 Å². The number of hydrogen-bond acceptors (Lipinski definition) is 16. The Morgan fingerprint density at radius 2 is 1.16 bits per heavy atom. The molecular formula is C85H83F3N14O7S+2. The summed E-state index contributed by atoms with van der Waals surface area (Å²) in [6, 6.07) is 52.3. The van der Waals surface area contributed by atoms with Crippen LogP contribution in [0.1, 0.15) is 60.6 Å². The number of nitrogen functional groups attached to an aromatic ring is 1. The molecule has 13 N–H and O–H groups in total. The third-order valence-electron chi connectivity index (χ3n) is 17.9. The van der Waals surface area contributed by atoms with E-state index in [1.54, 1.807) is 77.4 Å². The van der Waals surface area contributed by atoms with Crippen molar-refractivity contribution in [2.24, 2.45) is 31.3 Å². The molecule has 5 aromatic heterocycles. The van der Waals surface area contributed by atoms with Gasteiger partial charge in [0.15, 0.2) is 30.6 Å². The number of nitrogens with one attached hydrogen (secondary N) is 2. The van der Waals surface area contributed by atoms with Crippen LogP contribution in [0.4, 0.5) is 30.4 Å². The molecule has 21 nitrogen and oxygen atoms in total. The summed E-state index contributed by atoms with van der Waals surface area (Å²) in [6.07, 6.45) is 24.8. The van der Waals surface area contributed by atoms with E-state index in [0.717, 1.165) is 95.9 Å². The number of anilines is 3. The monoisotopic (exact) mass is 1500 g/mol. The SMILES string of the molecule is CN1CC=C(/C=C/c2ccc3cc(O)ccc3c2)CC1.C[n+]1ccc(/C=C/c2ccc3cc(O)ccc3c2)cc1.C[n+]1ccc(/C=C/c2cnc[nH]2)cc1.NCCN1C(=O)c2cccc3c(N)ccc(c23)C1=O.NCCn1c(=O)cc(C(F)(F)F)c2ccc(O)cc21.NCCn1cc2c(nc1=O)Nc1ccccc1S2. The smallest absolute Gasteiger partial charge is 0.417 e. The van der Waals surface area contributed by atoms with E-state index in [4.69, 9.17) is 22.9 Å². The molecule has 0 spiro atoms. The van der Waals surface area contributed by atoms with Crippen LogP contribution < -0.4 is 48.6 Å². The lowest BCUT2D eigenvalue weighted by atomic mass is 9.93. The summed E-state index contributed by atoms with van der Waals surface area (Å²) in [5, 5.41) is 37.1. The van der Waals surface area contributed by atoms with E-state index < -0.39 is 17.3 Å². The number of benzene rings is 8. The number of nitrogens with zero attached hydrogens (tertiary/aromatic N) is 8. The summed E-state index contributed by atoms with van der Waals surface area (Å²) in [7, 11) is 6.16. The van der Waals surface area contributed by atoms with Crippen molar-refractivity contribution in [1.29, 1.82) is 0 Å². The van der Waals surface area contributed by atoms with E-state index in [1.807, 2.05) is 115 Å². The molecule has 0 fully saturated rings. The number of H-pyrrole nitrogens is 1. The number of pyridine rings is 3. The van der Waals surface area contributed by atoms with Gasteiger partial charge in [0.2, 0.25) is 0 Å². The van der Waals surface area contributed by atoms with E-state index in [-0.39, 0.29) is 60.3 Å². The Labute approximate surface area is 636 Å². The maximum atomic E-state index is 12.9. The maximum Gasteiger partial charge on any atom is 0.417 e. The minimum absolute atomic E-state index is 0.0188. The summed E-state index contributed by atoms with van der Waals surface area (Å²) < 4.78 is 45.3. The second kappa shape index (κ2) is 36.2. The van der Waals surface area contributed by atoms with Crippen LogP contribution >= 0.6 is 11.8 Å². The summed E-state index contributed by atoms with van der Waals surface area (Å²) >= 11 is 1.61. The van der Waals surface area contributed by atoms with Gasteiger partial charge in [0, 0.05) is 133 Å². The molecule has 8 heterocycles. The molecule has 0 aliphatic carbocycles. The molecule has 3 aliphatic heterocycles. The van der Waals surface area contributed by atoms with E-state index in [1.165, 1.54) is 27.2 Å². The van der Waals surface area contributed by atoms with Crippen LogP contribution in [0.5, 0.6) is 17.2 Å². The molecule has 25 heteroatoms. The van der Waals surface area contributed by atoms with Crippen molar-refractivity contribution < 1.29 is 47.2 Å². The Balaban J connectivity index is 0.000000131. The number of halogens is 3. The number of aromatic amines is 1. The van der Waals surface area contributed by atoms with Gasteiger partial charge in [-0.25, -0.2) is 18.9 Å². The number of likely N-dealkylation sites (N-methyl/N-ethyl adjacent to an activating group) is 1. The Kier molecular flexibility index (Phi) is 25.8. The van der Waals surface area contributed by atoms with Crippen LogP contribution in [0.25, 0.3) is 73.6 Å². The number of aromatic nitrogens is 7. The third-order valence-corrected chi connectivity index (χ3v) is 19.0. The molecule has 0 atom stereocenters. The lowest BCUT2D eigenvalue weighted by Crippen LogP contribution is -2.43. The highest BCUT2D eigenvalue weighted by molar-refractivity contribution is 7.99. The van der Waals surface area contributed by atoms with Crippen molar-refractivity contribution in [3.8, 4) is 17.2 Å². The van der Waals surface area contributed by atoms with Gasteiger partial charge in [0.05, 0.1) is 39.9 Å². The van der Waals surface area contributed by atoms with Gasteiger partial charge in [0.1, 0.15) is 31.3 Å². The van der Waals surface area contributed by atoms with Crippen LogP contribution in [0.3, 0.4) is 0 Å². The summed E-state index contributed by atoms with van der Waals surface area (Å²) in [6.45, 7) is 3.74. The van der Waals surface area contributed by atoms with Crippen LogP contribution in [-0.2, 0) is 33.4 Å². The standard InChI is InChI=1S/C18H19NO.C18H15NO.C14H13N3O2.C12H11F3N2O2.C12H12N4OS.C11H11N3/c2*1-19-10-8-14(9-11-19)2-3-15-4-5-17-13-18(20)7-6-16(17)12-15;15-6-7-17-13(18)9-3-1-2-8-11(16)5-4-10(12(8)9)14(17)19;13-12(14,15)9-6-11(19)17(4-3-16)10-5-7(18)1-2-8(9)10;13-5-6-16-7-10-11(15-12(16)17)14-8-3-1-2-4-9(8)18-10;1-14-6-4-10(5-7-14)2-3-11-8-12-9-13-11/h2-8,12-13,20H,9-11H2,1H3;2-13H,1H3;1-5H,6-7,15-16H2;1-2,5-6,18H,3-4,16H2;1-4,7H,5-6,13H2,(H,14,15,17);2-9H,1H3/p+2/b3-2+;;;;;. The highest BCUT2D eigenvalue weighted by Crippen LogP contribution is 2.42. The van der Waals surface area contributed by atoms with Crippen molar-refractivity contribution in [3.63, 3.8) is 0 Å². The minimum Gasteiger partial charge on any atom is -0.508 e. The van der Waals surface area contributed by atoms with Gasteiger partial charge in [-0.05, 0) is 148 Å². The quantitative estimate of drug-likeness (QED) is 0.0312. The number of fused-ring (bicyclic) bond motifs is 5. The number of carbonyl (C=O) groups excluding carboxylic acids is 2. The summed E-state index contributed by atoms with van der Waals surface area (Å²) in [5.74, 6) is 0.419. The van der Waals surface area contributed by atoms with Gasteiger partial charge >= 0.3 is 11.9 Å². The molecule has 0 saturated carbocycles. The molecule has 3 aliphatic rings. The second-order valence-electron chi connectivity index (χ2n) is 25.9. The van der Waals surface area contributed by atoms with Crippen molar-refractivity contribution in [2.45, 2.75) is 35.5 Å². The normalized spacial score (nSPS) is 13.1. The van der Waals surface area contributed by atoms with Gasteiger partial charge in [-0.2, -0.15) is 18.2 Å². The number of aryl methyl sites for hydroxylation is 2. The number of rotatable bonds is 12. The molecule has 0 bridgehead atoms. The molecular weight excluding hydrogens is 1420 g/mol. The lowest BCUT2D eigenvalue weighted by Gasteiger charge is -2.27. The molecule has 2 amide bonds. The second-order valence-corrected chi connectivity index (χ2v) is 27.0. The zero-order valence-corrected chi connectivity index (χ0v) is 61.4. The van der Waals surface area contributed by atoms with Gasteiger partial charge in [-0.3, -0.25) is 23.9 Å². The number of imide groups is 1. The van der Waals surface area contributed by atoms with Crippen LogP contribution in [0, 0.1) is 0 Å². The number of imidazole rings is 1. The van der Waals surface area contributed by atoms with E-state index in [0.29, 0.717) is 58.7 Å². The molecule has 16 rings (SSSR count). The lowest BCUT2D eigenvalue weighted by molar-refractivity contribution is -0.671. The Morgan fingerprint density at radius 1 is 0.591 bits per heavy atom. The topological polar surface area (TPSA) is 311 Å². The molecule has 0 radical (unpaired) electrons. The average molecular weight is 1500 g/mol. The summed E-state index contributed by atoms with van der Waals surface area (Å²) in [4.78, 5) is 64.7. The predicted molar refractivity (Wildman–Crippen MR) is 430 cm³/mol. The Bertz CT molecular complexity index is 5710. The first-order chi connectivity index (χ1) is 53.0. The average Bonchev–Trinajstić information content (AvgIpc) is 0.781. The van der Waals surface area contributed by atoms with Crippen molar-refractivity contribution in [3.05, 3.63) is 303 Å². The first-order valence-corrected chi connectivity index (χ1v) is 36.0. The first-order valence-electron chi connectivity index (χ1n) is 35.2. The fourth-order valence-electron chi connectivity index (χ4n) is 12.1. The number of carbonyl (C=O) groups is 2. The summed E-state index contributed by atoms with van der Waals surface area (Å²) in [5.41, 5.74) is 29.8. The van der Waals surface area contributed by atoms with Gasteiger partial charge < -0.3 is 58.0 Å². The number of para-hydroxylation sites is 1. The highest BCUT2D eigenvalue weighted by Gasteiger charge is 2.35. The fourth-order valence-corrected chi connectivity index (χ4v) is 13.1. The highest BCUT2D eigenvalue weighted by atomic mass is 32.2. The number of alkyl halides is 3. The number of nitrogens with two attached hydrogens (primary N) is 4. The Hall–Kier alpha value is -12.8. The molecule has 110 heavy (non-hydrogen) atoms. The molecule has 560 valence electrons. The number of amides is 2. The number of phenolic OH excluding ortho intramolecular Hbond substituents is 3. The molecule has 0 saturated heterocycles. The number of phenols is 3. The van der Waals surface area contributed by atoms with Crippen LogP contribution in [-0.4, -0.2) is 107 Å². The van der Waals surface area contributed by atoms with Crippen molar-refractivity contribution in [2.75, 3.05) is 57.4 Å². The maximum absolute atomic E-state index is 12.9. The zero-order chi connectivity index (χ0) is 78.0. The number of aromatic hydroxyl groups is 3.